The monoisotopic (exact) mass is 447 g/mol. The smallest absolute Gasteiger partial charge is 0.382 e. The highest BCUT2D eigenvalue weighted by molar-refractivity contribution is 7.15. The Balaban J connectivity index is 1.40. The van der Waals surface area contributed by atoms with Crippen LogP contribution in [-0.4, -0.2) is 33.1 Å². The molecule has 1 aliphatic carbocycles. The van der Waals surface area contributed by atoms with Crippen molar-refractivity contribution in [1.82, 2.24) is 20.3 Å². The van der Waals surface area contributed by atoms with E-state index in [-0.39, 0.29) is 11.9 Å². The Morgan fingerprint density at radius 3 is 2.84 bits per heavy atom. The van der Waals surface area contributed by atoms with Gasteiger partial charge in [-0.3, -0.25) is 0 Å². The molecule has 3 N–H and O–H groups in total. The number of fused-ring (bicyclic) bond motifs is 1. The molecule has 2 aliphatic rings. The number of anilines is 2. The first-order valence-electron chi connectivity index (χ1n) is 9.91. The van der Waals surface area contributed by atoms with Crippen LogP contribution in [0, 0.1) is 18.8 Å². The van der Waals surface area contributed by atoms with E-state index in [2.05, 4.69) is 25.6 Å². The number of aryl methyl sites for hydroxylation is 1. The summed E-state index contributed by atoms with van der Waals surface area (Å²) in [5.41, 5.74) is 0.477. The molecule has 0 bridgehead atoms. The molecule has 1 saturated heterocycles. The highest BCUT2D eigenvalue weighted by Gasteiger charge is 2.57. The molecule has 1 aliphatic heterocycles. The number of rotatable bonds is 4. The largest absolute Gasteiger partial charge is 0.433 e. The quantitative estimate of drug-likeness (QED) is 0.559. The van der Waals surface area contributed by atoms with Gasteiger partial charge in [-0.05, 0) is 55.1 Å². The van der Waals surface area contributed by atoms with Gasteiger partial charge in [-0.1, -0.05) is 6.07 Å². The number of hydrogen-bond acceptors (Lipinski definition) is 7. The fourth-order valence-corrected chi connectivity index (χ4v) is 5.52. The van der Waals surface area contributed by atoms with Gasteiger partial charge in [0.15, 0.2) is 0 Å². The lowest BCUT2D eigenvalue weighted by molar-refractivity contribution is -0.141. The Morgan fingerprint density at radius 1 is 1.23 bits per heavy atom. The van der Waals surface area contributed by atoms with E-state index < -0.39 is 17.5 Å². The third-order valence-corrected chi connectivity index (χ3v) is 7.18. The summed E-state index contributed by atoms with van der Waals surface area (Å²) in [5.74, 6) is 0.568. The van der Waals surface area contributed by atoms with Crippen LogP contribution < -0.4 is 10.6 Å². The average Bonchev–Trinajstić information content (AvgIpc) is 3.34. The number of thiazole rings is 1. The highest BCUT2D eigenvalue weighted by Crippen LogP contribution is 2.53. The van der Waals surface area contributed by atoms with E-state index in [0.717, 1.165) is 41.4 Å². The first-order valence-corrected chi connectivity index (χ1v) is 10.7. The number of aromatic nitrogens is 3. The molecule has 3 atom stereocenters. The first kappa shape index (κ1) is 20.3. The van der Waals surface area contributed by atoms with Crippen LogP contribution in [-0.2, 0) is 11.8 Å². The van der Waals surface area contributed by atoms with Gasteiger partial charge in [0.2, 0.25) is 5.95 Å². The average molecular weight is 447 g/mol. The minimum absolute atomic E-state index is 0.125. The number of alkyl halides is 3. The number of halogens is 3. The van der Waals surface area contributed by atoms with Crippen LogP contribution in [0.1, 0.15) is 22.7 Å². The van der Waals surface area contributed by atoms with Gasteiger partial charge in [0.25, 0.3) is 0 Å². The number of benzene rings is 1. The summed E-state index contributed by atoms with van der Waals surface area (Å²) in [4.78, 5) is 12.8. The van der Waals surface area contributed by atoms with E-state index >= 15 is 0 Å². The van der Waals surface area contributed by atoms with Gasteiger partial charge < -0.3 is 15.7 Å². The van der Waals surface area contributed by atoms with E-state index in [0.29, 0.717) is 23.0 Å². The molecular formula is C21H20F3N5OS. The van der Waals surface area contributed by atoms with Crippen LogP contribution >= 0.6 is 11.3 Å². The second-order valence-electron chi connectivity index (χ2n) is 8.16. The molecule has 2 aromatic heterocycles. The Morgan fingerprint density at radius 2 is 2.06 bits per heavy atom. The molecule has 6 nitrogen and oxygen atoms in total. The molecule has 3 unspecified atom stereocenters. The second kappa shape index (κ2) is 7.25. The molecule has 2 fully saturated rings. The number of aliphatic hydroxyl groups is 1. The predicted octanol–water partition coefficient (Wildman–Crippen LogP) is 4.10. The predicted molar refractivity (Wildman–Crippen MR) is 111 cm³/mol. The summed E-state index contributed by atoms with van der Waals surface area (Å²) in [6, 6.07) is 6.43. The summed E-state index contributed by atoms with van der Waals surface area (Å²) in [7, 11) is 0. The Kier molecular flexibility index (Phi) is 4.76. The van der Waals surface area contributed by atoms with E-state index in [9.17, 15) is 18.3 Å². The zero-order valence-corrected chi connectivity index (χ0v) is 17.4. The molecule has 1 aromatic carbocycles. The minimum atomic E-state index is -4.54. The standard InChI is InChI=1S/C21H20F3N5OS/c1-11-4-12(6-14(5-11)28-19-26-3-2-17(29-19)21(22,23)24)16-10-27-18(31-16)20(30)7-13-8-25-9-15(13)20/h2-6,10,13,15,25,30H,7-9H2,1H3,(H,26,28,29). The van der Waals surface area contributed by atoms with Crippen molar-refractivity contribution in [2.24, 2.45) is 11.8 Å². The first-order chi connectivity index (χ1) is 14.7. The molecule has 0 radical (unpaired) electrons. The van der Waals surface area contributed by atoms with Gasteiger partial charge in [0, 0.05) is 30.5 Å². The summed E-state index contributed by atoms with van der Waals surface area (Å²) in [5, 5.41) is 18.0. The SMILES string of the molecule is Cc1cc(Nc2nccc(C(F)(F)F)n2)cc(-c2cnc(C3(O)CC4CNCC43)s2)c1. The van der Waals surface area contributed by atoms with Crippen molar-refractivity contribution in [3.63, 3.8) is 0 Å². The number of nitrogens with one attached hydrogen (secondary N) is 2. The Bertz CT molecular complexity index is 1130. The van der Waals surface area contributed by atoms with Crippen LogP contribution in [0.25, 0.3) is 10.4 Å². The maximum absolute atomic E-state index is 12.9. The molecule has 1 saturated carbocycles. The zero-order chi connectivity index (χ0) is 21.8. The summed E-state index contributed by atoms with van der Waals surface area (Å²) < 4.78 is 38.8. The molecule has 0 spiro atoms. The molecule has 5 rings (SSSR count). The third kappa shape index (κ3) is 3.68. The van der Waals surface area contributed by atoms with Gasteiger partial charge in [-0.15, -0.1) is 11.3 Å². The van der Waals surface area contributed by atoms with Gasteiger partial charge in [-0.25, -0.2) is 15.0 Å². The summed E-state index contributed by atoms with van der Waals surface area (Å²) in [6.45, 7) is 3.64. The Labute approximate surface area is 180 Å². The number of nitrogens with zero attached hydrogens (tertiary/aromatic N) is 3. The van der Waals surface area contributed by atoms with Gasteiger partial charge in [-0.2, -0.15) is 13.2 Å². The van der Waals surface area contributed by atoms with E-state index in [1.165, 1.54) is 11.3 Å². The zero-order valence-electron chi connectivity index (χ0n) is 16.6. The lowest BCUT2D eigenvalue weighted by atomic mass is 9.63. The van der Waals surface area contributed by atoms with Crippen LogP contribution in [0.2, 0.25) is 0 Å². The van der Waals surface area contributed by atoms with E-state index in [1.54, 1.807) is 6.20 Å². The topological polar surface area (TPSA) is 83.0 Å². The van der Waals surface area contributed by atoms with Gasteiger partial charge in [0.1, 0.15) is 16.3 Å². The third-order valence-electron chi connectivity index (χ3n) is 5.97. The minimum Gasteiger partial charge on any atom is -0.382 e. The van der Waals surface area contributed by atoms with Crippen molar-refractivity contribution in [3.8, 4) is 10.4 Å². The normalized spacial score (nSPS) is 25.2. The molecule has 3 aromatic rings. The van der Waals surface area contributed by atoms with Crippen molar-refractivity contribution < 1.29 is 18.3 Å². The van der Waals surface area contributed by atoms with Crippen LogP contribution in [0.4, 0.5) is 24.8 Å². The van der Waals surface area contributed by atoms with E-state index in [1.807, 2.05) is 25.1 Å². The van der Waals surface area contributed by atoms with Crippen molar-refractivity contribution in [2.45, 2.75) is 25.1 Å². The fourth-order valence-electron chi connectivity index (χ4n) is 4.45. The van der Waals surface area contributed by atoms with Crippen molar-refractivity contribution in [2.75, 3.05) is 18.4 Å². The number of hydrogen-bond donors (Lipinski definition) is 3. The maximum atomic E-state index is 12.9. The lowest BCUT2D eigenvalue weighted by Gasteiger charge is -2.46. The van der Waals surface area contributed by atoms with Crippen molar-refractivity contribution in [3.05, 3.63) is 52.9 Å². The Hall–Kier alpha value is -2.56. The summed E-state index contributed by atoms with van der Waals surface area (Å²) >= 11 is 1.45. The van der Waals surface area contributed by atoms with Crippen LogP contribution in [0.5, 0.6) is 0 Å². The van der Waals surface area contributed by atoms with Crippen molar-refractivity contribution >= 4 is 23.0 Å². The molecule has 10 heteroatoms. The molecule has 31 heavy (non-hydrogen) atoms. The van der Waals surface area contributed by atoms with E-state index in [4.69, 9.17) is 0 Å². The lowest BCUT2D eigenvalue weighted by Crippen LogP contribution is -2.50. The van der Waals surface area contributed by atoms with Crippen LogP contribution in [0.15, 0.2) is 36.7 Å². The van der Waals surface area contributed by atoms with Crippen LogP contribution in [0.3, 0.4) is 0 Å². The van der Waals surface area contributed by atoms with Crippen molar-refractivity contribution in [1.29, 1.82) is 0 Å². The molecule has 0 amide bonds. The van der Waals surface area contributed by atoms with Gasteiger partial charge >= 0.3 is 6.18 Å². The fraction of sp³-hybridized carbons (Fsp3) is 0.381. The molecular weight excluding hydrogens is 427 g/mol. The second-order valence-corrected chi connectivity index (χ2v) is 9.19. The maximum Gasteiger partial charge on any atom is 0.433 e. The van der Waals surface area contributed by atoms with Gasteiger partial charge in [0.05, 0.1) is 4.88 Å². The summed E-state index contributed by atoms with van der Waals surface area (Å²) in [6.07, 6.45) is -1.00. The molecule has 162 valence electrons. The molecule has 3 heterocycles. The highest BCUT2D eigenvalue weighted by atomic mass is 32.1.